The van der Waals surface area contributed by atoms with Gasteiger partial charge in [-0.2, -0.15) is 0 Å². The van der Waals surface area contributed by atoms with Crippen LogP contribution in [0.25, 0.3) is 0 Å². The zero-order valence-corrected chi connectivity index (χ0v) is 21.0. The largest absolute Gasteiger partial charge is 0.355 e. The van der Waals surface area contributed by atoms with Crippen molar-refractivity contribution in [3.8, 4) is 0 Å². The van der Waals surface area contributed by atoms with Gasteiger partial charge in [-0.25, -0.2) is 4.79 Å². The highest BCUT2D eigenvalue weighted by molar-refractivity contribution is 5.99. The second-order valence-electron chi connectivity index (χ2n) is 10.1. The van der Waals surface area contributed by atoms with E-state index >= 15 is 0 Å². The number of rotatable bonds is 5. The predicted octanol–water partition coefficient (Wildman–Crippen LogP) is 2.75. The number of carbonyl (C=O) groups excluding carboxylic acids is 3. The average molecular weight is 490 g/mol. The fourth-order valence-electron chi connectivity index (χ4n) is 5.51. The van der Waals surface area contributed by atoms with Gasteiger partial charge in [0.05, 0.1) is 5.69 Å². The van der Waals surface area contributed by atoms with Crippen molar-refractivity contribution in [3.63, 3.8) is 0 Å². The zero-order chi connectivity index (χ0) is 25.1. The van der Waals surface area contributed by atoms with Crippen LogP contribution < -0.4 is 10.2 Å². The van der Waals surface area contributed by atoms with E-state index in [-0.39, 0.29) is 24.4 Å². The van der Waals surface area contributed by atoms with E-state index in [4.69, 9.17) is 0 Å². The van der Waals surface area contributed by atoms with Crippen LogP contribution in [0.4, 0.5) is 10.5 Å². The summed E-state index contributed by atoms with van der Waals surface area (Å²) in [5, 5.41) is 2.93. The number of aryl methyl sites for hydroxylation is 1. The van der Waals surface area contributed by atoms with Gasteiger partial charge in [0.15, 0.2) is 0 Å². The Bertz CT molecular complexity index is 1110. The van der Waals surface area contributed by atoms with Gasteiger partial charge >= 0.3 is 6.03 Å². The lowest BCUT2D eigenvalue weighted by molar-refractivity contribution is -0.131. The Morgan fingerprint density at radius 2 is 1.72 bits per heavy atom. The second-order valence-corrected chi connectivity index (χ2v) is 10.1. The van der Waals surface area contributed by atoms with Crippen LogP contribution in [0.2, 0.25) is 0 Å². The van der Waals surface area contributed by atoms with Crippen LogP contribution in [0, 0.1) is 6.92 Å². The van der Waals surface area contributed by atoms with Crippen LogP contribution >= 0.6 is 0 Å². The number of carbonyl (C=O) groups is 3. The molecule has 2 fully saturated rings. The van der Waals surface area contributed by atoms with E-state index in [1.807, 2.05) is 41.0 Å². The highest BCUT2D eigenvalue weighted by Gasteiger charge is 2.34. The van der Waals surface area contributed by atoms with Crippen LogP contribution in [0.15, 0.2) is 48.5 Å². The quantitative estimate of drug-likeness (QED) is 0.701. The molecule has 8 nitrogen and oxygen atoms in total. The number of amides is 4. The molecule has 0 spiro atoms. The highest BCUT2D eigenvalue weighted by atomic mass is 16.2. The molecule has 2 saturated heterocycles. The molecule has 3 aliphatic heterocycles. The Morgan fingerprint density at radius 3 is 2.50 bits per heavy atom. The number of para-hydroxylation sites is 1. The second kappa shape index (κ2) is 10.7. The molecule has 1 N–H and O–H groups in total. The Hall–Kier alpha value is -3.39. The van der Waals surface area contributed by atoms with Crippen LogP contribution in [-0.4, -0.2) is 77.9 Å². The van der Waals surface area contributed by atoms with Gasteiger partial charge in [0.1, 0.15) is 6.54 Å². The van der Waals surface area contributed by atoms with E-state index in [1.165, 1.54) is 5.56 Å². The van der Waals surface area contributed by atoms with E-state index in [1.54, 1.807) is 4.90 Å². The summed E-state index contributed by atoms with van der Waals surface area (Å²) in [4.78, 5) is 46.3. The predicted molar refractivity (Wildman–Crippen MR) is 138 cm³/mol. The summed E-state index contributed by atoms with van der Waals surface area (Å²) >= 11 is 0. The molecule has 8 heteroatoms. The Balaban J connectivity index is 1.23. The highest BCUT2D eigenvalue weighted by Crippen LogP contribution is 2.30. The summed E-state index contributed by atoms with van der Waals surface area (Å²) in [6.45, 7) is 6.83. The minimum absolute atomic E-state index is 0.0125. The third kappa shape index (κ3) is 5.38. The number of nitrogens with one attached hydrogen (secondary N) is 1. The van der Waals surface area contributed by atoms with Gasteiger partial charge in [-0.15, -0.1) is 0 Å². The van der Waals surface area contributed by atoms with E-state index < -0.39 is 0 Å². The molecule has 4 amide bonds. The van der Waals surface area contributed by atoms with E-state index in [9.17, 15) is 14.4 Å². The number of benzene rings is 2. The smallest absolute Gasteiger partial charge is 0.325 e. The third-order valence-electron chi connectivity index (χ3n) is 7.61. The summed E-state index contributed by atoms with van der Waals surface area (Å²) in [7, 11) is 0. The van der Waals surface area contributed by atoms with Gasteiger partial charge in [-0.1, -0.05) is 48.0 Å². The lowest BCUT2D eigenvalue weighted by Crippen LogP contribution is -2.53. The van der Waals surface area contributed by atoms with Gasteiger partial charge in [-0.05, 0) is 37.0 Å². The Kier molecular flexibility index (Phi) is 7.23. The van der Waals surface area contributed by atoms with Crippen molar-refractivity contribution in [3.05, 3.63) is 65.2 Å². The minimum atomic E-state index is -0.126. The van der Waals surface area contributed by atoms with E-state index in [2.05, 4.69) is 34.5 Å². The van der Waals surface area contributed by atoms with Crippen molar-refractivity contribution in [2.24, 2.45) is 0 Å². The summed E-state index contributed by atoms with van der Waals surface area (Å²) in [5.41, 5.74) is 4.14. The number of fused-ring (bicyclic) bond motifs is 1. The normalized spacial score (nSPS) is 19.6. The van der Waals surface area contributed by atoms with Crippen LogP contribution in [-0.2, 0) is 22.7 Å². The molecule has 36 heavy (non-hydrogen) atoms. The van der Waals surface area contributed by atoms with Crippen LogP contribution in [0.5, 0.6) is 0 Å². The monoisotopic (exact) mass is 489 g/mol. The van der Waals surface area contributed by atoms with Crippen molar-refractivity contribution in [1.29, 1.82) is 0 Å². The van der Waals surface area contributed by atoms with Crippen molar-refractivity contribution in [1.82, 2.24) is 20.0 Å². The number of piperidine rings is 1. The summed E-state index contributed by atoms with van der Waals surface area (Å²) in [6, 6.07) is 16.4. The lowest BCUT2D eigenvalue weighted by atomic mass is 10.0. The van der Waals surface area contributed by atoms with Gasteiger partial charge in [-0.3, -0.25) is 19.4 Å². The van der Waals surface area contributed by atoms with Crippen molar-refractivity contribution < 1.29 is 14.4 Å². The standard InChI is InChI=1S/C28H35N5O3/c1-21-6-8-22(9-7-21)18-32-19-23-4-2-3-5-25(23)33(28(32)36)20-27(35)31-14-10-24(11-15-31)30-16-12-26(34)29-13-17-30/h2-9,24H,10-20H2,1H3,(H,29,34). The molecule has 3 heterocycles. The maximum absolute atomic E-state index is 13.5. The van der Waals surface area contributed by atoms with E-state index in [0.29, 0.717) is 45.2 Å². The molecule has 0 atom stereocenters. The van der Waals surface area contributed by atoms with Crippen LogP contribution in [0.1, 0.15) is 36.0 Å². The number of nitrogens with zero attached hydrogens (tertiary/aromatic N) is 4. The molecule has 0 unspecified atom stereocenters. The van der Waals surface area contributed by atoms with Crippen molar-refractivity contribution in [2.75, 3.05) is 44.2 Å². The molecule has 2 aromatic rings. The maximum atomic E-state index is 13.5. The Labute approximate surface area is 212 Å². The molecule has 0 aromatic heterocycles. The minimum Gasteiger partial charge on any atom is -0.355 e. The number of hydrogen-bond acceptors (Lipinski definition) is 4. The fraction of sp³-hybridized carbons (Fsp3) is 0.464. The van der Waals surface area contributed by atoms with Gasteiger partial charge in [0.25, 0.3) is 0 Å². The molecular weight excluding hydrogens is 454 g/mol. The number of anilines is 1. The maximum Gasteiger partial charge on any atom is 0.325 e. The average Bonchev–Trinajstić information content (AvgIpc) is 3.12. The Morgan fingerprint density at radius 1 is 0.972 bits per heavy atom. The molecule has 0 radical (unpaired) electrons. The van der Waals surface area contributed by atoms with Gasteiger partial charge in [0, 0.05) is 58.3 Å². The molecule has 0 aliphatic carbocycles. The first-order valence-corrected chi connectivity index (χ1v) is 13.0. The number of urea groups is 1. The topological polar surface area (TPSA) is 76.2 Å². The molecule has 190 valence electrons. The molecule has 0 saturated carbocycles. The third-order valence-corrected chi connectivity index (χ3v) is 7.61. The number of likely N-dealkylation sites (tertiary alicyclic amines) is 1. The van der Waals surface area contributed by atoms with Gasteiger partial charge in [0.2, 0.25) is 11.8 Å². The SMILES string of the molecule is Cc1ccc(CN2Cc3ccccc3N(CC(=O)N3CCC(N4CCNC(=O)CC4)CC3)C2=O)cc1. The summed E-state index contributed by atoms with van der Waals surface area (Å²) < 4.78 is 0. The lowest BCUT2D eigenvalue weighted by Gasteiger charge is -2.40. The number of hydrogen-bond donors (Lipinski definition) is 1. The van der Waals surface area contributed by atoms with Gasteiger partial charge < -0.3 is 15.1 Å². The molecule has 2 aromatic carbocycles. The van der Waals surface area contributed by atoms with E-state index in [0.717, 1.165) is 42.7 Å². The summed E-state index contributed by atoms with van der Waals surface area (Å²) in [5.74, 6) is 0.106. The fourth-order valence-corrected chi connectivity index (χ4v) is 5.51. The molecule has 0 bridgehead atoms. The summed E-state index contributed by atoms with van der Waals surface area (Å²) in [6.07, 6.45) is 2.32. The molecule has 3 aliphatic rings. The molecule has 5 rings (SSSR count). The first-order chi connectivity index (χ1) is 17.5. The molecular formula is C28H35N5O3. The van der Waals surface area contributed by atoms with Crippen LogP contribution in [0.3, 0.4) is 0 Å². The zero-order valence-electron chi connectivity index (χ0n) is 21.0. The first kappa shape index (κ1) is 24.3. The van der Waals surface area contributed by atoms with Crippen molar-refractivity contribution >= 4 is 23.5 Å². The first-order valence-electron chi connectivity index (χ1n) is 13.0. The van der Waals surface area contributed by atoms with Crippen molar-refractivity contribution in [2.45, 2.75) is 45.3 Å².